The minimum atomic E-state index is 0.229. The fourth-order valence-electron chi connectivity index (χ4n) is 1.21. The summed E-state index contributed by atoms with van der Waals surface area (Å²) in [7, 11) is 0. The van der Waals surface area contributed by atoms with Crippen molar-refractivity contribution >= 4 is 17.7 Å². The summed E-state index contributed by atoms with van der Waals surface area (Å²) in [6.07, 6.45) is 5.08. The Morgan fingerprint density at radius 2 is 2.00 bits per heavy atom. The third-order valence-electron chi connectivity index (χ3n) is 2.59. The smallest absolute Gasteiger partial charge is 0.240 e. The van der Waals surface area contributed by atoms with Gasteiger partial charge in [-0.15, -0.1) is 0 Å². The first-order valence-corrected chi connectivity index (χ1v) is 6.60. The van der Waals surface area contributed by atoms with E-state index in [9.17, 15) is 0 Å². The van der Waals surface area contributed by atoms with Crippen molar-refractivity contribution in [2.75, 3.05) is 5.73 Å². The number of anilines is 1. The van der Waals surface area contributed by atoms with E-state index >= 15 is 0 Å². The quantitative estimate of drug-likeness (QED) is 0.847. The van der Waals surface area contributed by atoms with Crippen molar-refractivity contribution in [2.45, 2.75) is 31.2 Å². The Hall–Kier alpha value is -1.63. The van der Waals surface area contributed by atoms with Crippen molar-refractivity contribution in [3.63, 3.8) is 0 Å². The topological polar surface area (TPSA) is 82.5 Å². The fraction of sp³-hybridized carbons (Fsp3) is 0.455. The average Bonchev–Trinajstić information content (AvgIpc) is 2.81. The molecule has 2 N–H and O–H groups in total. The maximum Gasteiger partial charge on any atom is 0.240 e. The van der Waals surface area contributed by atoms with Gasteiger partial charge in [-0.3, -0.25) is 4.57 Å². The van der Waals surface area contributed by atoms with Gasteiger partial charge in [0.25, 0.3) is 0 Å². The van der Waals surface area contributed by atoms with Crippen molar-refractivity contribution in [3.05, 3.63) is 18.7 Å². The molecule has 2 aromatic rings. The minimum Gasteiger partial charge on any atom is -0.368 e. The second-order valence-corrected chi connectivity index (χ2v) is 5.66. The number of imidazole rings is 1. The fourth-order valence-corrected chi connectivity index (χ4v) is 2.09. The summed E-state index contributed by atoms with van der Waals surface area (Å²) in [6, 6.07) is 0. The first-order valence-electron chi connectivity index (χ1n) is 5.73. The Morgan fingerprint density at radius 3 is 2.61 bits per heavy atom. The van der Waals surface area contributed by atoms with E-state index in [2.05, 4.69) is 40.7 Å². The van der Waals surface area contributed by atoms with Gasteiger partial charge in [-0.2, -0.15) is 15.0 Å². The first-order chi connectivity index (χ1) is 8.56. The number of nitrogen functional groups attached to an aromatic ring is 1. The van der Waals surface area contributed by atoms with E-state index in [0.717, 1.165) is 0 Å². The number of rotatable bonds is 4. The highest BCUT2D eigenvalue weighted by Gasteiger charge is 2.13. The van der Waals surface area contributed by atoms with Gasteiger partial charge in [0, 0.05) is 17.6 Å². The summed E-state index contributed by atoms with van der Waals surface area (Å²) in [5.74, 6) is 1.27. The van der Waals surface area contributed by atoms with Crippen molar-refractivity contribution in [1.29, 1.82) is 0 Å². The Balaban J connectivity index is 2.27. The Labute approximate surface area is 110 Å². The molecule has 0 aliphatic heterocycles. The summed E-state index contributed by atoms with van der Waals surface area (Å²) >= 11 is 1.60. The first kappa shape index (κ1) is 12.8. The van der Waals surface area contributed by atoms with Gasteiger partial charge in [0.05, 0.1) is 0 Å². The molecule has 0 aromatic carbocycles. The molecule has 1 atom stereocenters. The van der Waals surface area contributed by atoms with Gasteiger partial charge >= 0.3 is 0 Å². The van der Waals surface area contributed by atoms with Crippen LogP contribution in [0.15, 0.2) is 23.9 Å². The van der Waals surface area contributed by atoms with Crippen LogP contribution in [-0.4, -0.2) is 29.8 Å². The van der Waals surface area contributed by atoms with Gasteiger partial charge in [-0.05, 0) is 5.92 Å². The molecule has 6 nitrogen and oxygen atoms in total. The van der Waals surface area contributed by atoms with E-state index in [1.165, 1.54) is 0 Å². The van der Waals surface area contributed by atoms with Gasteiger partial charge in [0.2, 0.25) is 11.9 Å². The van der Waals surface area contributed by atoms with E-state index < -0.39 is 0 Å². The number of hydrogen-bond donors (Lipinski definition) is 1. The van der Waals surface area contributed by atoms with Crippen molar-refractivity contribution in [1.82, 2.24) is 24.5 Å². The molecule has 2 heterocycles. The van der Waals surface area contributed by atoms with Crippen LogP contribution in [0.5, 0.6) is 0 Å². The van der Waals surface area contributed by atoms with Crippen molar-refractivity contribution in [2.24, 2.45) is 5.92 Å². The predicted molar refractivity (Wildman–Crippen MR) is 71.5 cm³/mol. The monoisotopic (exact) mass is 264 g/mol. The summed E-state index contributed by atoms with van der Waals surface area (Å²) in [6.45, 7) is 6.48. The molecule has 1 unspecified atom stereocenters. The van der Waals surface area contributed by atoms with E-state index in [1.54, 1.807) is 35.0 Å². The second kappa shape index (κ2) is 5.34. The van der Waals surface area contributed by atoms with Gasteiger partial charge in [0.15, 0.2) is 5.16 Å². The number of nitrogens with zero attached hydrogens (tertiary/aromatic N) is 5. The predicted octanol–water partition coefficient (Wildman–Crippen LogP) is 1.78. The van der Waals surface area contributed by atoms with Gasteiger partial charge in [0.1, 0.15) is 6.33 Å². The molecule has 0 aliphatic rings. The maximum absolute atomic E-state index is 5.71. The Bertz CT molecular complexity index is 510. The number of nitrogens with two attached hydrogens (primary N) is 1. The summed E-state index contributed by atoms with van der Waals surface area (Å²) in [5.41, 5.74) is 5.71. The lowest BCUT2D eigenvalue weighted by Crippen LogP contribution is -2.10. The van der Waals surface area contributed by atoms with E-state index in [1.807, 2.05) is 0 Å². The van der Waals surface area contributed by atoms with Gasteiger partial charge in [-0.1, -0.05) is 32.5 Å². The van der Waals surface area contributed by atoms with Gasteiger partial charge in [-0.25, -0.2) is 4.98 Å². The van der Waals surface area contributed by atoms with Crippen LogP contribution in [-0.2, 0) is 0 Å². The summed E-state index contributed by atoms with van der Waals surface area (Å²) in [4.78, 5) is 16.6. The number of thioether (sulfide) groups is 1. The molecule has 96 valence electrons. The maximum atomic E-state index is 5.71. The SMILES string of the molecule is CC(C)C(C)Sc1nc(N)nc(-n2ccnc2)n1. The highest BCUT2D eigenvalue weighted by atomic mass is 32.2. The van der Waals surface area contributed by atoms with Crippen molar-refractivity contribution < 1.29 is 0 Å². The lowest BCUT2D eigenvalue weighted by molar-refractivity contribution is 0.639. The molecule has 0 spiro atoms. The van der Waals surface area contributed by atoms with Crippen LogP contribution in [0.25, 0.3) is 5.95 Å². The Morgan fingerprint density at radius 1 is 1.22 bits per heavy atom. The van der Waals surface area contributed by atoms with E-state index in [-0.39, 0.29) is 5.95 Å². The largest absolute Gasteiger partial charge is 0.368 e. The zero-order chi connectivity index (χ0) is 13.1. The lowest BCUT2D eigenvalue weighted by Gasteiger charge is -2.13. The van der Waals surface area contributed by atoms with E-state index in [0.29, 0.717) is 22.3 Å². The second-order valence-electron chi connectivity index (χ2n) is 4.31. The highest BCUT2D eigenvalue weighted by Crippen LogP contribution is 2.25. The van der Waals surface area contributed by atoms with Crippen LogP contribution in [0.3, 0.4) is 0 Å². The third kappa shape index (κ3) is 2.98. The van der Waals surface area contributed by atoms with E-state index in [4.69, 9.17) is 5.73 Å². The van der Waals surface area contributed by atoms with Crippen LogP contribution in [0, 0.1) is 5.92 Å². The summed E-state index contributed by atoms with van der Waals surface area (Å²) in [5, 5.41) is 1.06. The molecule has 18 heavy (non-hydrogen) atoms. The molecule has 2 rings (SSSR count). The lowest BCUT2D eigenvalue weighted by atomic mass is 10.2. The molecule has 0 fully saturated rings. The average molecular weight is 264 g/mol. The van der Waals surface area contributed by atoms with Crippen LogP contribution < -0.4 is 5.73 Å². The minimum absolute atomic E-state index is 0.229. The molecule has 0 aliphatic carbocycles. The summed E-state index contributed by atoms with van der Waals surface area (Å²) < 4.78 is 1.71. The highest BCUT2D eigenvalue weighted by molar-refractivity contribution is 7.99. The van der Waals surface area contributed by atoms with Crippen LogP contribution in [0.4, 0.5) is 5.95 Å². The number of aromatic nitrogens is 5. The van der Waals surface area contributed by atoms with Gasteiger partial charge < -0.3 is 5.73 Å². The zero-order valence-corrected chi connectivity index (χ0v) is 11.4. The molecule has 2 aromatic heterocycles. The molecular formula is C11H16N6S. The molecule has 0 saturated heterocycles. The molecule has 0 bridgehead atoms. The molecule has 7 heteroatoms. The van der Waals surface area contributed by atoms with Crippen molar-refractivity contribution in [3.8, 4) is 5.95 Å². The normalized spacial score (nSPS) is 12.9. The van der Waals surface area contributed by atoms with Crippen LogP contribution in [0.2, 0.25) is 0 Å². The Kier molecular flexibility index (Phi) is 3.81. The zero-order valence-electron chi connectivity index (χ0n) is 10.6. The standard InChI is InChI=1S/C11H16N6S/c1-7(2)8(3)18-11-15-9(12)14-10(16-11)17-5-4-13-6-17/h4-8H,1-3H3,(H2,12,14,15,16). The third-order valence-corrected chi connectivity index (χ3v) is 3.90. The van der Waals surface area contributed by atoms with Crippen LogP contribution in [0.1, 0.15) is 20.8 Å². The molecule has 0 amide bonds. The number of hydrogen-bond acceptors (Lipinski definition) is 6. The van der Waals surface area contributed by atoms with Crippen LogP contribution >= 0.6 is 11.8 Å². The molecule has 0 saturated carbocycles. The molecular weight excluding hydrogens is 248 g/mol. The molecule has 0 radical (unpaired) electrons.